The maximum absolute atomic E-state index is 12.9. The lowest BCUT2D eigenvalue weighted by Gasteiger charge is -2.19. The van der Waals surface area contributed by atoms with Gasteiger partial charge in [0, 0.05) is 36.6 Å². The molecule has 2 aromatic rings. The zero-order valence-electron chi connectivity index (χ0n) is 15.2. The minimum absolute atomic E-state index is 0.0871. The third kappa shape index (κ3) is 2.87. The summed E-state index contributed by atoms with van der Waals surface area (Å²) >= 11 is 0. The molecule has 1 amide bonds. The molecule has 4 rings (SSSR count). The molecule has 0 aliphatic carbocycles. The average molecular weight is 353 g/mol. The van der Waals surface area contributed by atoms with Gasteiger partial charge in [0.25, 0.3) is 5.91 Å². The molecule has 0 aromatic heterocycles. The number of likely N-dealkylation sites (tertiary alicyclic amines) is 1. The first-order valence-electron chi connectivity index (χ1n) is 8.97. The summed E-state index contributed by atoms with van der Waals surface area (Å²) in [5.41, 5.74) is 2.97. The summed E-state index contributed by atoms with van der Waals surface area (Å²) in [5.74, 6) is 2.74. The van der Waals surface area contributed by atoms with Gasteiger partial charge in [-0.15, -0.1) is 0 Å². The molecular weight excluding hydrogens is 330 g/mol. The molecule has 2 aliphatic heterocycles. The van der Waals surface area contributed by atoms with Gasteiger partial charge in [-0.2, -0.15) is 0 Å². The van der Waals surface area contributed by atoms with Gasteiger partial charge in [-0.1, -0.05) is 12.1 Å². The van der Waals surface area contributed by atoms with Crippen LogP contribution in [0.3, 0.4) is 0 Å². The molecule has 1 fully saturated rings. The SMILES string of the molecule is COc1cccc([C@@H]2CCN(C(=O)c3ccc4c(c3)CCO4)C2)c1OC. The van der Waals surface area contributed by atoms with Gasteiger partial charge >= 0.3 is 0 Å². The van der Waals surface area contributed by atoms with Gasteiger partial charge in [0.05, 0.1) is 20.8 Å². The summed E-state index contributed by atoms with van der Waals surface area (Å²) in [6.45, 7) is 2.14. The second-order valence-corrected chi connectivity index (χ2v) is 6.74. The molecule has 5 heteroatoms. The Kier molecular flexibility index (Phi) is 4.45. The van der Waals surface area contributed by atoms with E-state index in [0.29, 0.717) is 13.2 Å². The zero-order chi connectivity index (χ0) is 18.1. The quantitative estimate of drug-likeness (QED) is 0.846. The van der Waals surface area contributed by atoms with Crippen molar-refractivity contribution in [1.82, 2.24) is 4.90 Å². The van der Waals surface area contributed by atoms with Crippen LogP contribution in [0.2, 0.25) is 0 Å². The number of para-hydroxylation sites is 1. The van der Waals surface area contributed by atoms with Gasteiger partial charge in [0.2, 0.25) is 0 Å². The molecule has 0 radical (unpaired) electrons. The van der Waals surface area contributed by atoms with Gasteiger partial charge < -0.3 is 19.1 Å². The number of fused-ring (bicyclic) bond motifs is 1. The van der Waals surface area contributed by atoms with E-state index >= 15 is 0 Å². The topological polar surface area (TPSA) is 48.0 Å². The molecule has 0 N–H and O–H groups in total. The molecular formula is C21H23NO4. The highest BCUT2D eigenvalue weighted by molar-refractivity contribution is 5.95. The Labute approximate surface area is 153 Å². The van der Waals surface area contributed by atoms with Crippen LogP contribution < -0.4 is 14.2 Å². The number of hydrogen-bond acceptors (Lipinski definition) is 4. The van der Waals surface area contributed by atoms with Crippen LogP contribution in [0, 0.1) is 0 Å². The van der Waals surface area contributed by atoms with Gasteiger partial charge in [0.15, 0.2) is 11.5 Å². The van der Waals surface area contributed by atoms with E-state index < -0.39 is 0 Å². The van der Waals surface area contributed by atoms with Crippen molar-refractivity contribution >= 4 is 5.91 Å². The molecule has 2 heterocycles. The lowest BCUT2D eigenvalue weighted by molar-refractivity contribution is 0.0790. The van der Waals surface area contributed by atoms with E-state index in [1.165, 1.54) is 0 Å². The Morgan fingerprint density at radius 1 is 1.19 bits per heavy atom. The summed E-state index contributed by atoms with van der Waals surface area (Å²) in [7, 11) is 3.30. The molecule has 2 aliphatic rings. The average Bonchev–Trinajstić information content (AvgIpc) is 3.35. The number of amides is 1. The fourth-order valence-electron chi connectivity index (χ4n) is 3.93. The van der Waals surface area contributed by atoms with Gasteiger partial charge in [0.1, 0.15) is 5.75 Å². The Balaban J connectivity index is 1.53. The Bertz CT molecular complexity index is 833. The van der Waals surface area contributed by atoms with Crippen LogP contribution in [0.15, 0.2) is 36.4 Å². The van der Waals surface area contributed by atoms with E-state index in [2.05, 4.69) is 6.07 Å². The van der Waals surface area contributed by atoms with Crippen molar-refractivity contribution in [1.29, 1.82) is 0 Å². The molecule has 0 bridgehead atoms. The van der Waals surface area contributed by atoms with E-state index in [9.17, 15) is 4.79 Å². The van der Waals surface area contributed by atoms with Crippen LogP contribution in [0.25, 0.3) is 0 Å². The minimum Gasteiger partial charge on any atom is -0.493 e. The van der Waals surface area contributed by atoms with Crippen molar-refractivity contribution in [2.24, 2.45) is 0 Å². The molecule has 0 unspecified atom stereocenters. The van der Waals surface area contributed by atoms with Crippen LogP contribution in [0.1, 0.15) is 33.8 Å². The summed E-state index contributed by atoms with van der Waals surface area (Å²) in [6.07, 6.45) is 1.80. The Hall–Kier alpha value is -2.69. The molecule has 136 valence electrons. The number of carbonyl (C=O) groups excluding carboxylic acids is 1. The Morgan fingerprint density at radius 2 is 2.08 bits per heavy atom. The minimum atomic E-state index is 0.0871. The first-order valence-corrected chi connectivity index (χ1v) is 8.97. The lowest BCUT2D eigenvalue weighted by atomic mass is 9.97. The summed E-state index contributed by atoms with van der Waals surface area (Å²) in [6, 6.07) is 11.7. The highest BCUT2D eigenvalue weighted by Gasteiger charge is 2.31. The molecule has 1 saturated heterocycles. The van der Waals surface area contributed by atoms with E-state index in [1.807, 2.05) is 35.2 Å². The molecule has 1 atom stereocenters. The highest BCUT2D eigenvalue weighted by Crippen LogP contribution is 2.39. The van der Waals surface area contributed by atoms with Gasteiger partial charge in [-0.25, -0.2) is 0 Å². The third-order valence-electron chi connectivity index (χ3n) is 5.29. The first kappa shape index (κ1) is 16.8. The van der Waals surface area contributed by atoms with Crippen molar-refractivity contribution in [2.45, 2.75) is 18.8 Å². The monoisotopic (exact) mass is 353 g/mol. The predicted molar refractivity (Wildman–Crippen MR) is 98.4 cm³/mol. The largest absolute Gasteiger partial charge is 0.493 e. The number of benzene rings is 2. The van der Waals surface area contributed by atoms with Crippen molar-refractivity contribution in [3.8, 4) is 17.2 Å². The maximum atomic E-state index is 12.9. The molecule has 26 heavy (non-hydrogen) atoms. The fraction of sp³-hybridized carbons (Fsp3) is 0.381. The number of methoxy groups -OCH3 is 2. The lowest BCUT2D eigenvalue weighted by Crippen LogP contribution is -2.28. The van der Waals surface area contributed by atoms with Crippen LogP contribution in [0.4, 0.5) is 0 Å². The maximum Gasteiger partial charge on any atom is 0.253 e. The van der Waals surface area contributed by atoms with E-state index in [-0.39, 0.29) is 11.8 Å². The molecule has 2 aromatic carbocycles. The fourth-order valence-corrected chi connectivity index (χ4v) is 3.93. The first-order chi connectivity index (χ1) is 12.7. The van der Waals surface area contributed by atoms with Crippen molar-refractivity contribution in [3.63, 3.8) is 0 Å². The predicted octanol–water partition coefficient (Wildman–Crippen LogP) is 3.27. The third-order valence-corrected chi connectivity index (χ3v) is 5.29. The molecule has 5 nitrogen and oxygen atoms in total. The van der Waals surface area contributed by atoms with Crippen LogP contribution >= 0.6 is 0 Å². The van der Waals surface area contributed by atoms with Crippen LogP contribution in [0.5, 0.6) is 17.2 Å². The Morgan fingerprint density at radius 3 is 2.88 bits per heavy atom. The number of carbonyl (C=O) groups is 1. The summed E-state index contributed by atoms with van der Waals surface area (Å²) in [5, 5.41) is 0. The van der Waals surface area contributed by atoms with Crippen molar-refractivity contribution in [3.05, 3.63) is 53.1 Å². The number of rotatable bonds is 4. The van der Waals surface area contributed by atoms with Crippen molar-refractivity contribution < 1.29 is 19.0 Å². The van der Waals surface area contributed by atoms with Crippen LogP contribution in [-0.2, 0) is 6.42 Å². The smallest absolute Gasteiger partial charge is 0.253 e. The van der Waals surface area contributed by atoms with Crippen molar-refractivity contribution in [2.75, 3.05) is 33.9 Å². The molecule has 0 saturated carbocycles. The number of ether oxygens (including phenoxy) is 3. The summed E-state index contributed by atoms with van der Waals surface area (Å²) in [4.78, 5) is 14.9. The number of hydrogen-bond donors (Lipinski definition) is 0. The van der Waals surface area contributed by atoms with Crippen LogP contribution in [-0.4, -0.2) is 44.7 Å². The molecule has 0 spiro atoms. The highest BCUT2D eigenvalue weighted by atomic mass is 16.5. The zero-order valence-corrected chi connectivity index (χ0v) is 15.2. The van der Waals surface area contributed by atoms with E-state index in [1.54, 1.807) is 14.2 Å². The standard InChI is InChI=1S/C21H23NO4/c1-24-19-5-3-4-17(20(19)25-2)16-8-10-22(13-16)21(23)15-6-7-18-14(12-15)9-11-26-18/h3-7,12,16H,8-11,13H2,1-2H3/t16-/m1/s1. The summed E-state index contributed by atoms with van der Waals surface area (Å²) < 4.78 is 16.5. The second-order valence-electron chi connectivity index (χ2n) is 6.74. The van der Waals surface area contributed by atoms with Gasteiger partial charge in [-0.05, 0) is 36.2 Å². The van der Waals surface area contributed by atoms with E-state index in [0.717, 1.165) is 53.3 Å². The van der Waals surface area contributed by atoms with E-state index in [4.69, 9.17) is 14.2 Å². The normalized spacial score (nSPS) is 18.4. The number of nitrogens with zero attached hydrogens (tertiary/aromatic N) is 1. The second kappa shape index (κ2) is 6.90. The van der Waals surface area contributed by atoms with Gasteiger partial charge in [-0.3, -0.25) is 4.79 Å².